The van der Waals surface area contributed by atoms with Crippen LogP contribution in [0.4, 0.5) is 0 Å². The van der Waals surface area contributed by atoms with Crippen LogP contribution in [0.2, 0.25) is 5.02 Å². The van der Waals surface area contributed by atoms with Crippen molar-refractivity contribution >= 4 is 11.6 Å². The Labute approximate surface area is 121 Å². The zero-order valence-electron chi connectivity index (χ0n) is 12.6. The molecule has 1 aliphatic rings. The molecule has 3 nitrogen and oxygen atoms in total. The standard InChI is InChI=1S/C15H26ClN3/c1-5-12-14(16)13(19(6-2)18-12)9-17-10-15(7-8-15)11(3)4/h11,17H,5-10H2,1-4H3. The molecule has 0 bridgehead atoms. The fourth-order valence-corrected chi connectivity index (χ4v) is 3.07. The molecule has 1 fully saturated rings. The number of hydrogen-bond acceptors (Lipinski definition) is 2. The van der Waals surface area contributed by atoms with Crippen molar-refractivity contribution in [3.63, 3.8) is 0 Å². The molecule has 0 radical (unpaired) electrons. The topological polar surface area (TPSA) is 29.9 Å². The van der Waals surface area contributed by atoms with Gasteiger partial charge in [-0.25, -0.2) is 0 Å². The highest BCUT2D eigenvalue weighted by atomic mass is 35.5. The van der Waals surface area contributed by atoms with E-state index in [1.54, 1.807) is 0 Å². The van der Waals surface area contributed by atoms with E-state index in [4.69, 9.17) is 11.6 Å². The average Bonchev–Trinajstić information content (AvgIpc) is 3.12. The van der Waals surface area contributed by atoms with E-state index < -0.39 is 0 Å². The number of aromatic nitrogens is 2. The number of hydrogen-bond donors (Lipinski definition) is 1. The van der Waals surface area contributed by atoms with E-state index in [0.29, 0.717) is 5.41 Å². The molecule has 0 amide bonds. The van der Waals surface area contributed by atoms with E-state index in [0.717, 1.165) is 48.4 Å². The Morgan fingerprint density at radius 3 is 2.53 bits per heavy atom. The molecule has 19 heavy (non-hydrogen) atoms. The summed E-state index contributed by atoms with van der Waals surface area (Å²) in [6.07, 6.45) is 3.62. The van der Waals surface area contributed by atoms with Crippen molar-refractivity contribution < 1.29 is 0 Å². The Balaban J connectivity index is 1.98. The van der Waals surface area contributed by atoms with Gasteiger partial charge in [-0.15, -0.1) is 0 Å². The molecular formula is C15H26ClN3. The highest BCUT2D eigenvalue weighted by Gasteiger charge is 2.44. The van der Waals surface area contributed by atoms with Crippen LogP contribution in [-0.2, 0) is 19.5 Å². The predicted octanol–water partition coefficient (Wildman–Crippen LogP) is 3.64. The van der Waals surface area contributed by atoms with Crippen LogP contribution in [0.3, 0.4) is 0 Å². The van der Waals surface area contributed by atoms with Gasteiger partial charge in [-0.2, -0.15) is 5.10 Å². The lowest BCUT2D eigenvalue weighted by Crippen LogP contribution is -2.28. The van der Waals surface area contributed by atoms with Crippen LogP contribution in [0.5, 0.6) is 0 Å². The second-order valence-electron chi connectivity index (χ2n) is 6.00. The summed E-state index contributed by atoms with van der Waals surface area (Å²) in [5.74, 6) is 0.762. The van der Waals surface area contributed by atoms with Crippen molar-refractivity contribution in [2.24, 2.45) is 11.3 Å². The Morgan fingerprint density at radius 2 is 2.05 bits per heavy atom. The fraction of sp³-hybridized carbons (Fsp3) is 0.800. The van der Waals surface area contributed by atoms with Gasteiger partial charge in [0, 0.05) is 19.6 Å². The summed E-state index contributed by atoms with van der Waals surface area (Å²) < 4.78 is 2.03. The Kier molecular flexibility index (Phi) is 4.57. The molecule has 4 heteroatoms. The molecule has 0 unspecified atom stereocenters. The van der Waals surface area contributed by atoms with Gasteiger partial charge in [-0.1, -0.05) is 32.4 Å². The van der Waals surface area contributed by atoms with Gasteiger partial charge in [-0.05, 0) is 37.5 Å². The van der Waals surface area contributed by atoms with E-state index in [1.807, 2.05) is 4.68 Å². The van der Waals surface area contributed by atoms with E-state index in [1.165, 1.54) is 12.8 Å². The van der Waals surface area contributed by atoms with Crippen LogP contribution in [0, 0.1) is 11.3 Å². The van der Waals surface area contributed by atoms with Gasteiger partial charge in [0.15, 0.2) is 0 Å². The van der Waals surface area contributed by atoms with Gasteiger partial charge in [0.05, 0.1) is 16.4 Å². The van der Waals surface area contributed by atoms with Gasteiger partial charge in [0.1, 0.15) is 0 Å². The molecule has 1 aromatic rings. The normalized spacial score (nSPS) is 17.2. The number of halogens is 1. The molecule has 1 aromatic heterocycles. The maximum atomic E-state index is 6.41. The van der Waals surface area contributed by atoms with E-state index in [2.05, 4.69) is 38.1 Å². The first-order valence-corrected chi connectivity index (χ1v) is 7.86. The number of nitrogens with one attached hydrogen (secondary N) is 1. The van der Waals surface area contributed by atoms with Gasteiger partial charge in [0.2, 0.25) is 0 Å². The third-order valence-electron chi connectivity index (χ3n) is 4.58. The molecule has 1 heterocycles. The Morgan fingerprint density at radius 1 is 1.37 bits per heavy atom. The summed E-state index contributed by atoms with van der Waals surface area (Å²) in [7, 11) is 0. The third-order valence-corrected chi connectivity index (χ3v) is 5.02. The third kappa shape index (κ3) is 2.97. The zero-order valence-corrected chi connectivity index (χ0v) is 13.3. The van der Waals surface area contributed by atoms with Gasteiger partial charge in [0.25, 0.3) is 0 Å². The second-order valence-corrected chi connectivity index (χ2v) is 6.38. The maximum Gasteiger partial charge on any atom is 0.0863 e. The zero-order chi connectivity index (χ0) is 14.0. The van der Waals surface area contributed by atoms with Crippen LogP contribution in [0.25, 0.3) is 0 Å². The SMILES string of the molecule is CCc1nn(CC)c(CNCC2(C(C)C)CC2)c1Cl. The van der Waals surface area contributed by atoms with Crippen molar-refractivity contribution in [1.29, 1.82) is 0 Å². The monoisotopic (exact) mass is 283 g/mol. The highest BCUT2D eigenvalue weighted by Crippen LogP contribution is 2.51. The molecule has 2 rings (SSSR count). The number of aryl methyl sites for hydroxylation is 2. The molecule has 0 atom stereocenters. The van der Waals surface area contributed by atoms with Crippen LogP contribution in [0.1, 0.15) is 51.9 Å². The summed E-state index contributed by atoms with van der Waals surface area (Å²) in [6, 6.07) is 0. The van der Waals surface area contributed by atoms with Crippen molar-refractivity contribution in [1.82, 2.24) is 15.1 Å². The first kappa shape index (κ1) is 14.9. The molecule has 1 N–H and O–H groups in total. The minimum atomic E-state index is 0.539. The summed E-state index contributed by atoms with van der Waals surface area (Å²) in [4.78, 5) is 0. The largest absolute Gasteiger partial charge is 0.311 e. The van der Waals surface area contributed by atoms with Crippen molar-refractivity contribution in [3.8, 4) is 0 Å². The lowest BCUT2D eigenvalue weighted by molar-refractivity contribution is 0.336. The first-order chi connectivity index (χ1) is 9.04. The molecule has 0 spiro atoms. The van der Waals surface area contributed by atoms with Gasteiger partial charge in [-0.3, -0.25) is 4.68 Å². The summed E-state index contributed by atoms with van der Waals surface area (Å²) in [5.41, 5.74) is 2.70. The van der Waals surface area contributed by atoms with Crippen LogP contribution < -0.4 is 5.32 Å². The van der Waals surface area contributed by atoms with E-state index in [9.17, 15) is 0 Å². The Hall–Kier alpha value is -0.540. The summed E-state index contributed by atoms with van der Waals surface area (Å²) >= 11 is 6.41. The fourth-order valence-electron chi connectivity index (χ4n) is 2.73. The minimum Gasteiger partial charge on any atom is -0.311 e. The maximum absolute atomic E-state index is 6.41. The average molecular weight is 284 g/mol. The van der Waals surface area contributed by atoms with Crippen LogP contribution in [-0.4, -0.2) is 16.3 Å². The molecular weight excluding hydrogens is 258 g/mol. The molecule has 0 aliphatic heterocycles. The first-order valence-electron chi connectivity index (χ1n) is 7.48. The molecule has 0 saturated heterocycles. The lowest BCUT2D eigenvalue weighted by Gasteiger charge is -2.20. The van der Waals surface area contributed by atoms with Gasteiger partial charge < -0.3 is 5.32 Å². The molecule has 108 valence electrons. The summed E-state index contributed by atoms with van der Waals surface area (Å²) in [5, 5.41) is 9.00. The predicted molar refractivity (Wildman–Crippen MR) is 80.5 cm³/mol. The minimum absolute atomic E-state index is 0.539. The number of rotatable bonds is 7. The van der Waals surface area contributed by atoms with Crippen molar-refractivity contribution in [2.45, 2.75) is 60.0 Å². The van der Waals surface area contributed by atoms with Gasteiger partial charge >= 0.3 is 0 Å². The quantitative estimate of drug-likeness (QED) is 0.828. The number of nitrogens with zero attached hydrogens (tertiary/aromatic N) is 2. The summed E-state index contributed by atoms with van der Waals surface area (Å²) in [6.45, 7) is 11.7. The highest BCUT2D eigenvalue weighted by molar-refractivity contribution is 6.31. The van der Waals surface area contributed by atoms with E-state index >= 15 is 0 Å². The lowest BCUT2D eigenvalue weighted by atomic mass is 9.92. The molecule has 0 aromatic carbocycles. The smallest absolute Gasteiger partial charge is 0.0863 e. The second kappa shape index (κ2) is 5.84. The molecule has 1 saturated carbocycles. The Bertz CT molecular complexity index is 433. The van der Waals surface area contributed by atoms with E-state index in [-0.39, 0.29) is 0 Å². The van der Waals surface area contributed by atoms with Crippen molar-refractivity contribution in [2.75, 3.05) is 6.54 Å². The van der Waals surface area contributed by atoms with Crippen LogP contribution in [0.15, 0.2) is 0 Å². The van der Waals surface area contributed by atoms with Crippen LogP contribution >= 0.6 is 11.6 Å². The molecule has 1 aliphatic carbocycles. The van der Waals surface area contributed by atoms with Crippen molar-refractivity contribution in [3.05, 3.63) is 16.4 Å².